The number of hydrogen-bond acceptors (Lipinski definition) is 2. The second-order valence-electron chi connectivity index (χ2n) is 5.13. The van der Waals surface area contributed by atoms with Crippen LogP contribution < -0.4 is 5.32 Å². The van der Waals surface area contributed by atoms with Crippen molar-refractivity contribution >= 4 is 61.7 Å². The van der Waals surface area contributed by atoms with Gasteiger partial charge in [0.25, 0.3) is 0 Å². The molecule has 1 heterocycles. The maximum absolute atomic E-state index is 6.10. The number of hydrogen-bond donors (Lipinski definition) is 1. The molecule has 1 aliphatic rings. The molecule has 0 spiro atoms. The van der Waals surface area contributed by atoms with Gasteiger partial charge in [0.05, 0.1) is 12.7 Å². The SMILES string of the molecule is Brc1c(COC2CCNCC2)c(I)cc2ccccc12.Cl. The molecular weight excluding hydrogens is 464 g/mol. The minimum absolute atomic E-state index is 0. The van der Waals surface area contributed by atoms with Gasteiger partial charge in [0, 0.05) is 13.6 Å². The third-order valence-corrected chi connectivity index (χ3v) is 5.65. The Labute approximate surface area is 153 Å². The van der Waals surface area contributed by atoms with Gasteiger partial charge < -0.3 is 10.1 Å². The largest absolute Gasteiger partial charge is 0.373 e. The van der Waals surface area contributed by atoms with Crippen LogP contribution in [0.15, 0.2) is 34.8 Å². The van der Waals surface area contributed by atoms with Gasteiger partial charge in [0.1, 0.15) is 0 Å². The predicted molar refractivity (Wildman–Crippen MR) is 102 cm³/mol. The zero-order valence-electron chi connectivity index (χ0n) is 11.6. The molecule has 0 atom stereocenters. The fourth-order valence-electron chi connectivity index (χ4n) is 2.61. The molecule has 1 N–H and O–H groups in total. The summed E-state index contributed by atoms with van der Waals surface area (Å²) in [6, 6.07) is 10.7. The van der Waals surface area contributed by atoms with Gasteiger partial charge in [-0.1, -0.05) is 24.3 Å². The van der Waals surface area contributed by atoms with Crippen molar-refractivity contribution in [2.45, 2.75) is 25.6 Å². The van der Waals surface area contributed by atoms with Crippen LogP contribution in [0.25, 0.3) is 10.8 Å². The molecule has 3 rings (SSSR count). The van der Waals surface area contributed by atoms with E-state index in [4.69, 9.17) is 4.74 Å². The summed E-state index contributed by atoms with van der Waals surface area (Å²) in [4.78, 5) is 0. The first-order valence-corrected chi connectivity index (χ1v) is 8.81. The summed E-state index contributed by atoms with van der Waals surface area (Å²) in [7, 11) is 0. The van der Waals surface area contributed by atoms with E-state index in [0.717, 1.165) is 25.9 Å². The van der Waals surface area contributed by atoms with Gasteiger partial charge in [0.15, 0.2) is 0 Å². The Balaban J connectivity index is 0.00000161. The van der Waals surface area contributed by atoms with E-state index in [0.29, 0.717) is 12.7 Å². The van der Waals surface area contributed by atoms with Crippen LogP contribution in [-0.2, 0) is 11.3 Å². The number of fused-ring (bicyclic) bond motifs is 1. The zero-order chi connectivity index (χ0) is 13.9. The summed E-state index contributed by atoms with van der Waals surface area (Å²) in [5, 5.41) is 5.90. The second-order valence-corrected chi connectivity index (χ2v) is 7.09. The average molecular weight is 483 g/mol. The van der Waals surface area contributed by atoms with E-state index in [9.17, 15) is 0 Å². The fourth-order valence-corrected chi connectivity index (χ4v) is 4.43. The molecule has 5 heteroatoms. The molecule has 21 heavy (non-hydrogen) atoms. The van der Waals surface area contributed by atoms with E-state index >= 15 is 0 Å². The molecule has 2 aromatic carbocycles. The van der Waals surface area contributed by atoms with Gasteiger partial charge >= 0.3 is 0 Å². The molecule has 2 nitrogen and oxygen atoms in total. The van der Waals surface area contributed by atoms with Crippen molar-refractivity contribution in [2.75, 3.05) is 13.1 Å². The molecule has 0 bridgehead atoms. The van der Waals surface area contributed by atoms with Crippen LogP contribution in [-0.4, -0.2) is 19.2 Å². The molecule has 2 aromatic rings. The summed E-state index contributed by atoms with van der Waals surface area (Å²) in [5.41, 5.74) is 1.27. The number of nitrogens with one attached hydrogen (secondary N) is 1. The Hall–Kier alpha value is 0.120. The Morgan fingerprint density at radius 2 is 1.95 bits per heavy atom. The normalized spacial score (nSPS) is 15.9. The van der Waals surface area contributed by atoms with Crippen LogP contribution in [0.2, 0.25) is 0 Å². The highest BCUT2D eigenvalue weighted by Crippen LogP contribution is 2.32. The summed E-state index contributed by atoms with van der Waals surface area (Å²) in [6.07, 6.45) is 2.62. The Bertz CT molecular complexity index is 616. The van der Waals surface area contributed by atoms with Crippen molar-refractivity contribution < 1.29 is 4.74 Å². The lowest BCUT2D eigenvalue weighted by atomic mass is 10.1. The van der Waals surface area contributed by atoms with Gasteiger partial charge in [-0.15, -0.1) is 12.4 Å². The monoisotopic (exact) mass is 481 g/mol. The van der Waals surface area contributed by atoms with Crippen LogP contribution in [0.1, 0.15) is 18.4 Å². The standard InChI is InChI=1S/C16H17BrINO.ClH/c17-16-13-4-2-1-3-11(13)9-15(18)14(16)10-20-12-5-7-19-8-6-12;/h1-4,9,12,19H,5-8,10H2;1H. The summed E-state index contributed by atoms with van der Waals surface area (Å²) in [5.74, 6) is 0. The third-order valence-electron chi connectivity index (χ3n) is 3.78. The molecule has 0 amide bonds. The van der Waals surface area contributed by atoms with E-state index in [2.05, 4.69) is 74.2 Å². The first kappa shape index (κ1) is 17.5. The van der Waals surface area contributed by atoms with Crippen LogP contribution in [0.4, 0.5) is 0 Å². The van der Waals surface area contributed by atoms with Crippen LogP contribution >= 0.6 is 50.9 Å². The highest BCUT2D eigenvalue weighted by atomic mass is 127. The number of ether oxygens (including phenoxy) is 1. The molecule has 0 saturated carbocycles. The first-order chi connectivity index (χ1) is 9.75. The topological polar surface area (TPSA) is 21.3 Å². The maximum atomic E-state index is 6.10. The van der Waals surface area contributed by atoms with Gasteiger partial charge in [0.2, 0.25) is 0 Å². The van der Waals surface area contributed by atoms with Crippen LogP contribution in [0.3, 0.4) is 0 Å². The van der Waals surface area contributed by atoms with E-state index in [1.165, 1.54) is 24.4 Å². The molecule has 1 fully saturated rings. The van der Waals surface area contributed by atoms with E-state index in [-0.39, 0.29) is 12.4 Å². The Morgan fingerprint density at radius 3 is 2.71 bits per heavy atom. The van der Waals surface area contributed by atoms with Crippen molar-refractivity contribution in [2.24, 2.45) is 0 Å². The minimum atomic E-state index is 0. The summed E-state index contributed by atoms with van der Waals surface area (Å²) < 4.78 is 8.55. The molecule has 114 valence electrons. The van der Waals surface area contributed by atoms with Crippen molar-refractivity contribution in [3.8, 4) is 0 Å². The van der Waals surface area contributed by atoms with Gasteiger partial charge in [-0.3, -0.25) is 0 Å². The van der Waals surface area contributed by atoms with Gasteiger partial charge in [-0.2, -0.15) is 0 Å². The fraction of sp³-hybridized carbons (Fsp3) is 0.375. The van der Waals surface area contributed by atoms with Crippen LogP contribution in [0.5, 0.6) is 0 Å². The Kier molecular flexibility index (Phi) is 6.75. The molecule has 0 radical (unpaired) electrons. The molecular formula is C16H18BrClINO. The second kappa shape index (κ2) is 8.11. The minimum Gasteiger partial charge on any atom is -0.373 e. The smallest absolute Gasteiger partial charge is 0.0742 e. The highest BCUT2D eigenvalue weighted by Gasteiger charge is 2.16. The van der Waals surface area contributed by atoms with Crippen molar-refractivity contribution in [3.05, 3.63) is 43.9 Å². The van der Waals surface area contributed by atoms with Gasteiger partial charge in [-0.25, -0.2) is 0 Å². The van der Waals surface area contributed by atoms with Crippen molar-refractivity contribution in [1.29, 1.82) is 0 Å². The average Bonchev–Trinajstić information content (AvgIpc) is 2.48. The lowest BCUT2D eigenvalue weighted by molar-refractivity contribution is 0.0207. The maximum Gasteiger partial charge on any atom is 0.0742 e. The molecule has 1 aliphatic heterocycles. The highest BCUT2D eigenvalue weighted by molar-refractivity contribution is 14.1. The van der Waals surface area contributed by atoms with Crippen molar-refractivity contribution in [3.63, 3.8) is 0 Å². The van der Waals surface area contributed by atoms with E-state index in [1.807, 2.05) is 0 Å². The quantitative estimate of drug-likeness (QED) is 0.629. The molecule has 0 aliphatic carbocycles. The number of piperidine rings is 1. The number of halogens is 3. The van der Waals surface area contributed by atoms with E-state index in [1.54, 1.807) is 0 Å². The van der Waals surface area contributed by atoms with E-state index < -0.39 is 0 Å². The molecule has 0 unspecified atom stereocenters. The predicted octanol–water partition coefficient (Wildman–Crippen LogP) is 4.90. The number of benzene rings is 2. The van der Waals surface area contributed by atoms with Gasteiger partial charge in [-0.05, 0) is 81.3 Å². The zero-order valence-corrected chi connectivity index (χ0v) is 16.1. The summed E-state index contributed by atoms with van der Waals surface area (Å²) >= 11 is 6.17. The lowest BCUT2D eigenvalue weighted by Gasteiger charge is -2.23. The lowest BCUT2D eigenvalue weighted by Crippen LogP contribution is -2.32. The summed E-state index contributed by atoms with van der Waals surface area (Å²) in [6.45, 7) is 2.83. The number of rotatable bonds is 3. The molecule has 1 saturated heterocycles. The van der Waals surface area contributed by atoms with Crippen LogP contribution in [0, 0.1) is 3.57 Å². The molecule has 0 aromatic heterocycles. The first-order valence-electron chi connectivity index (χ1n) is 6.93. The Morgan fingerprint density at radius 1 is 1.24 bits per heavy atom. The third kappa shape index (κ3) is 4.10. The van der Waals surface area contributed by atoms with Crippen molar-refractivity contribution in [1.82, 2.24) is 5.32 Å².